The number of carbonyl (C=O) groups excluding carboxylic acids is 1. The minimum Gasteiger partial charge on any atom is -0.368 e. The molecule has 2 heterocycles. The molecule has 154 valence electrons. The van der Waals surface area contributed by atoms with E-state index in [1.165, 1.54) is 5.56 Å². The van der Waals surface area contributed by atoms with E-state index in [0.29, 0.717) is 26.3 Å². The monoisotopic (exact) mass is 394 g/mol. The van der Waals surface area contributed by atoms with Gasteiger partial charge in [0.05, 0.1) is 5.71 Å². The van der Waals surface area contributed by atoms with Gasteiger partial charge in [0.25, 0.3) is 0 Å². The van der Waals surface area contributed by atoms with Gasteiger partial charge in [-0.3, -0.25) is 9.79 Å². The molecule has 0 atom stereocenters. The van der Waals surface area contributed by atoms with Crippen LogP contribution >= 0.6 is 0 Å². The summed E-state index contributed by atoms with van der Waals surface area (Å²) in [7, 11) is 0. The number of rotatable bonds is 8. The predicted molar refractivity (Wildman–Crippen MR) is 118 cm³/mol. The molecule has 1 amide bonds. The maximum atomic E-state index is 12.0. The zero-order valence-corrected chi connectivity index (χ0v) is 17.4. The molecule has 0 aliphatic carbocycles. The zero-order valence-electron chi connectivity index (χ0n) is 17.4. The fraction of sp³-hybridized carbons (Fsp3) is 0.409. The Morgan fingerprint density at radius 1 is 1.38 bits per heavy atom. The molecule has 1 fully saturated rings. The van der Waals surface area contributed by atoms with E-state index in [1.54, 1.807) is 6.21 Å². The van der Waals surface area contributed by atoms with Crippen molar-refractivity contribution in [2.45, 2.75) is 32.7 Å². The average Bonchev–Trinajstić information content (AvgIpc) is 2.68. The van der Waals surface area contributed by atoms with Crippen LogP contribution in [0.25, 0.3) is 0 Å². The maximum absolute atomic E-state index is 12.0. The first kappa shape index (κ1) is 20.8. The van der Waals surface area contributed by atoms with Gasteiger partial charge in [0.2, 0.25) is 5.91 Å². The van der Waals surface area contributed by atoms with Crippen molar-refractivity contribution in [3.63, 3.8) is 0 Å². The van der Waals surface area contributed by atoms with Crippen LogP contribution in [-0.4, -0.2) is 59.6 Å². The van der Waals surface area contributed by atoms with Crippen LogP contribution in [0.2, 0.25) is 0 Å². The van der Waals surface area contributed by atoms with Gasteiger partial charge in [-0.05, 0) is 32.0 Å². The molecule has 0 radical (unpaired) electrons. The number of aliphatic imine (C=N–C) groups is 1. The molecular formula is C22H30N6O. The highest BCUT2D eigenvalue weighted by atomic mass is 16.1. The number of aryl methyl sites for hydroxylation is 1. The second-order valence-electron chi connectivity index (χ2n) is 7.36. The smallest absolute Gasteiger partial charge is 0.241 e. The Hall–Kier alpha value is -2.93. The Balaban J connectivity index is 1.86. The van der Waals surface area contributed by atoms with Crippen molar-refractivity contribution < 1.29 is 4.79 Å². The summed E-state index contributed by atoms with van der Waals surface area (Å²) >= 11 is 0. The molecule has 0 unspecified atom stereocenters. The molecule has 3 N–H and O–H groups in total. The SMILES string of the molecule is C/C=C/C/C(=N\N1CN=CC=C1N1CC(NCC)(C(N)=O)C1)c1ccccc1C. The van der Waals surface area contributed by atoms with Crippen LogP contribution < -0.4 is 11.1 Å². The Kier molecular flexibility index (Phi) is 6.49. The molecule has 1 saturated heterocycles. The number of hydrogen-bond donors (Lipinski definition) is 2. The number of carbonyl (C=O) groups is 1. The number of amides is 1. The minimum absolute atomic E-state index is 0.315. The van der Waals surface area contributed by atoms with Crippen molar-refractivity contribution >= 4 is 17.8 Å². The third-order valence-corrected chi connectivity index (χ3v) is 5.29. The van der Waals surface area contributed by atoms with Gasteiger partial charge in [-0.2, -0.15) is 5.10 Å². The number of nitrogens with two attached hydrogens (primary N) is 1. The van der Waals surface area contributed by atoms with Gasteiger partial charge in [-0.1, -0.05) is 43.3 Å². The summed E-state index contributed by atoms with van der Waals surface area (Å²) in [6.07, 6.45) is 8.60. The molecule has 7 nitrogen and oxygen atoms in total. The van der Waals surface area contributed by atoms with Crippen LogP contribution in [0.15, 0.2) is 58.4 Å². The molecular weight excluding hydrogens is 364 g/mol. The van der Waals surface area contributed by atoms with Gasteiger partial charge in [-0.15, -0.1) is 0 Å². The Morgan fingerprint density at radius 2 is 2.14 bits per heavy atom. The summed E-state index contributed by atoms with van der Waals surface area (Å²) in [5, 5.41) is 10.1. The van der Waals surface area contributed by atoms with Gasteiger partial charge in [0.1, 0.15) is 18.0 Å². The molecule has 1 aromatic rings. The van der Waals surface area contributed by atoms with E-state index in [4.69, 9.17) is 10.8 Å². The fourth-order valence-electron chi connectivity index (χ4n) is 3.69. The number of hydrogen-bond acceptors (Lipinski definition) is 6. The number of likely N-dealkylation sites (tertiary alicyclic amines) is 1. The lowest BCUT2D eigenvalue weighted by molar-refractivity contribution is -0.131. The first-order chi connectivity index (χ1) is 14.0. The van der Waals surface area contributed by atoms with Crippen molar-refractivity contribution in [2.24, 2.45) is 15.8 Å². The van der Waals surface area contributed by atoms with E-state index < -0.39 is 5.54 Å². The van der Waals surface area contributed by atoms with Gasteiger partial charge in [0, 0.05) is 31.3 Å². The zero-order chi connectivity index (χ0) is 20.9. The van der Waals surface area contributed by atoms with Crippen molar-refractivity contribution in [1.82, 2.24) is 15.2 Å². The Labute approximate surface area is 172 Å². The summed E-state index contributed by atoms with van der Waals surface area (Å²) in [6.45, 7) is 8.27. The van der Waals surface area contributed by atoms with Gasteiger partial charge in [0.15, 0.2) is 0 Å². The fourth-order valence-corrected chi connectivity index (χ4v) is 3.69. The second kappa shape index (κ2) is 9.05. The van der Waals surface area contributed by atoms with Gasteiger partial charge in [-0.25, -0.2) is 5.01 Å². The normalized spacial score (nSPS) is 18.7. The van der Waals surface area contributed by atoms with E-state index in [-0.39, 0.29) is 5.91 Å². The highest BCUT2D eigenvalue weighted by molar-refractivity contribution is 6.02. The van der Waals surface area contributed by atoms with E-state index in [2.05, 4.69) is 40.3 Å². The summed E-state index contributed by atoms with van der Waals surface area (Å²) in [6, 6.07) is 8.26. The van der Waals surface area contributed by atoms with Crippen molar-refractivity contribution in [2.75, 3.05) is 26.3 Å². The number of allylic oxidation sites excluding steroid dienone is 3. The van der Waals surface area contributed by atoms with Gasteiger partial charge < -0.3 is 16.0 Å². The largest absolute Gasteiger partial charge is 0.368 e. The van der Waals surface area contributed by atoms with Crippen LogP contribution in [0, 0.1) is 6.92 Å². The average molecular weight is 395 g/mol. The summed E-state index contributed by atoms with van der Waals surface area (Å²) in [5.74, 6) is 0.616. The summed E-state index contributed by atoms with van der Waals surface area (Å²) in [5.41, 5.74) is 8.27. The van der Waals surface area contributed by atoms with E-state index in [9.17, 15) is 4.79 Å². The maximum Gasteiger partial charge on any atom is 0.241 e. The Bertz CT molecular complexity index is 864. The van der Waals surface area contributed by atoms with E-state index >= 15 is 0 Å². The molecule has 2 aliphatic heterocycles. The molecule has 2 aliphatic rings. The lowest BCUT2D eigenvalue weighted by atomic mass is 9.88. The molecule has 3 rings (SSSR count). The standard InChI is InChI=1S/C22H30N6O/c1-4-6-11-19(18-10-8-7-9-17(18)3)26-28-16-24-13-12-20(28)27-14-22(15-27,21(23)29)25-5-2/h4,6-10,12-13,25H,5,11,14-16H2,1-3H3,(H2,23,29)/b6-4+,26-19+. The van der Waals surface area contributed by atoms with Crippen molar-refractivity contribution in [1.29, 1.82) is 0 Å². The number of primary amides is 1. The highest BCUT2D eigenvalue weighted by Gasteiger charge is 2.49. The minimum atomic E-state index is -0.677. The summed E-state index contributed by atoms with van der Waals surface area (Å²) in [4.78, 5) is 18.5. The van der Waals surface area contributed by atoms with Crippen LogP contribution in [0.3, 0.4) is 0 Å². The lowest BCUT2D eigenvalue weighted by Gasteiger charge is -2.51. The van der Waals surface area contributed by atoms with Crippen LogP contribution in [0.5, 0.6) is 0 Å². The number of nitrogens with zero attached hydrogens (tertiary/aromatic N) is 4. The number of nitrogens with one attached hydrogen (secondary N) is 1. The van der Waals surface area contributed by atoms with Gasteiger partial charge >= 0.3 is 0 Å². The molecule has 29 heavy (non-hydrogen) atoms. The third kappa shape index (κ3) is 4.40. The molecule has 0 saturated carbocycles. The second-order valence-corrected chi connectivity index (χ2v) is 7.36. The topological polar surface area (TPSA) is 86.3 Å². The van der Waals surface area contributed by atoms with Crippen molar-refractivity contribution in [3.8, 4) is 0 Å². The van der Waals surface area contributed by atoms with Crippen LogP contribution in [-0.2, 0) is 4.79 Å². The molecule has 0 spiro atoms. The molecule has 7 heteroatoms. The summed E-state index contributed by atoms with van der Waals surface area (Å²) < 4.78 is 0. The van der Waals surface area contributed by atoms with Crippen LogP contribution in [0.4, 0.5) is 0 Å². The van der Waals surface area contributed by atoms with E-state index in [0.717, 1.165) is 23.5 Å². The van der Waals surface area contributed by atoms with Crippen molar-refractivity contribution in [3.05, 3.63) is 59.4 Å². The molecule has 0 bridgehead atoms. The first-order valence-electron chi connectivity index (χ1n) is 10.0. The van der Waals surface area contributed by atoms with E-state index in [1.807, 2.05) is 43.1 Å². The molecule has 0 aromatic heterocycles. The quantitative estimate of drug-likeness (QED) is 0.522. The predicted octanol–water partition coefficient (Wildman–Crippen LogP) is 2.00. The first-order valence-corrected chi connectivity index (χ1v) is 10.0. The number of benzene rings is 1. The third-order valence-electron chi connectivity index (χ3n) is 5.29. The van der Waals surface area contributed by atoms with Crippen LogP contribution in [0.1, 0.15) is 31.4 Å². The molecule has 1 aromatic carbocycles. The number of likely N-dealkylation sites (N-methyl/N-ethyl adjacent to an activating group) is 1. The highest BCUT2D eigenvalue weighted by Crippen LogP contribution is 2.28. The Morgan fingerprint density at radius 3 is 2.79 bits per heavy atom. The lowest BCUT2D eigenvalue weighted by Crippen LogP contribution is -2.75. The number of hydrazone groups is 1.